The molecule has 0 N–H and O–H groups in total. The highest BCUT2D eigenvalue weighted by molar-refractivity contribution is 6.33. The number of hydrogen-bond acceptors (Lipinski definition) is 5. The summed E-state index contributed by atoms with van der Waals surface area (Å²) in [5, 5.41) is 0. The van der Waals surface area contributed by atoms with Crippen LogP contribution in [-0.4, -0.2) is 30.7 Å². The molecule has 0 bridgehead atoms. The molecule has 0 fully saturated rings. The van der Waals surface area contributed by atoms with Crippen LogP contribution in [0.4, 0.5) is 0 Å². The normalized spacial score (nSPS) is 12.1. The molecule has 22 heavy (non-hydrogen) atoms. The third-order valence-corrected chi connectivity index (χ3v) is 2.97. The first-order chi connectivity index (χ1) is 10.6. The van der Waals surface area contributed by atoms with E-state index in [1.54, 1.807) is 25.1 Å². The Labute approximate surface area is 129 Å². The molecular formula is C17H20O5. The number of carbonyl (C=O) groups excluding carboxylic acids is 3. The second kappa shape index (κ2) is 9.63. The number of rotatable bonds is 9. The summed E-state index contributed by atoms with van der Waals surface area (Å²) in [6.07, 6.45) is 2.28. The van der Waals surface area contributed by atoms with E-state index < -0.39 is 17.9 Å². The van der Waals surface area contributed by atoms with Gasteiger partial charge in [0.2, 0.25) is 5.78 Å². The molecule has 0 amide bonds. The third kappa shape index (κ3) is 6.45. The number of allylic oxidation sites excluding steroid dienone is 2. The molecule has 0 saturated carbocycles. The summed E-state index contributed by atoms with van der Waals surface area (Å²) in [5.41, 5.74) is 0.801. The van der Waals surface area contributed by atoms with E-state index in [0.29, 0.717) is 0 Å². The zero-order valence-corrected chi connectivity index (χ0v) is 12.8. The van der Waals surface area contributed by atoms with E-state index >= 15 is 0 Å². The minimum Gasteiger partial charge on any atom is -0.455 e. The van der Waals surface area contributed by atoms with Crippen LogP contribution in [0.3, 0.4) is 0 Å². The van der Waals surface area contributed by atoms with Gasteiger partial charge in [-0.15, -0.1) is 0 Å². The zero-order valence-electron chi connectivity index (χ0n) is 12.8. The van der Waals surface area contributed by atoms with Gasteiger partial charge in [-0.2, -0.15) is 0 Å². The first-order valence-electron chi connectivity index (χ1n) is 6.99. The Balaban J connectivity index is 2.45. The van der Waals surface area contributed by atoms with Gasteiger partial charge in [0.05, 0.1) is 6.10 Å². The van der Waals surface area contributed by atoms with Crippen LogP contribution >= 0.6 is 0 Å². The second-order valence-electron chi connectivity index (χ2n) is 4.72. The van der Waals surface area contributed by atoms with E-state index in [1.165, 1.54) is 13.2 Å². The number of methoxy groups -OCH3 is 1. The molecule has 1 rings (SSSR count). The molecule has 0 spiro atoms. The maximum atomic E-state index is 11.8. The van der Waals surface area contributed by atoms with Gasteiger partial charge in [-0.1, -0.05) is 36.4 Å². The van der Waals surface area contributed by atoms with Crippen molar-refractivity contribution in [3.05, 3.63) is 48.0 Å². The Bertz CT molecular complexity index is 533. The standard InChI is InChI=1S/C17H20O5/c1-3-7-14(18)10-15(21-2)11-16(19)17(20)22-12-13-8-5-4-6-9-13/h3-9,15H,10-12H2,1-2H3/b7-3+. The van der Waals surface area contributed by atoms with Crippen LogP contribution in [0.25, 0.3) is 0 Å². The fourth-order valence-electron chi connectivity index (χ4n) is 1.81. The summed E-state index contributed by atoms with van der Waals surface area (Å²) in [6, 6.07) is 9.08. The smallest absolute Gasteiger partial charge is 0.375 e. The van der Waals surface area contributed by atoms with Crippen molar-refractivity contribution in [2.45, 2.75) is 32.5 Å². The van der Waals surface area contributed by atoms with Crippen LogP contribution in [0.15, 0.2) is 42.5 Å². The van der Waals surface area contributed by atoms with E-state index in [9.17, 15) is 14.4 Å². The van der Waals surface area contributed by atoms with Gasteiger partial charge < -0.3 is 9.47 Å². The van der Waals surface area contributed by atoms with Crippen molar-refractivity contribution in [3.63, 3.8) is 0 Å². The SMILES string of the molecule is C/C=C/C(=O)CC(CC(=O)C(=O)OCc1ccccc1)OC. The van der Waals surface area contributed by atoms with E-state index in [2.05, 4.69) is 0 Å². The topological polar surface area (TPSA) is 69.7 Å². The predicted molar refractivity (Wildman–Crippen MR) is 81.1 cm³/mol. The molecule has 0 aliphatic heterocycles. The van der Waals surface area contributed by atoms with Crippen molar-refractivity contribution < 1.29 is 23.9 Å². The number of hydrogen-bond donors (Lipinski definition) is 0. The fourth-order valence-corrected chi connectivity index (χ4v) is 1.81. The van der Waals surface area contributed by atoms with E-state index in [-0.39, 0.29) is 25.2 Å². The monoisotopic (exact) mass is 304 g/mol. The van der Waals surface area contributed by atoms with Gasteiger partial charge in [0.15, 0.2) is 5.78 Å². The van der Waals surface area contributed by atoms with Gasteiger partial charge in [0, 0.05) is 20.0 Å². The number of carbonyl (C=O) groups is 3. The summed E-state index contributed by atoms with van der Waals surface area (Å²) in [6.45, 7) is 1.77. The van der Waals surface area contributed by atoms with Crippen molar-refractivity contribution >= 4 is 17.5 Å². The van der Waals surface area contributed by atoms with Gasteiger partial charge in [-0.05, 0) is 18.6 Å². The highest BCUT2D eigenvalue weighted by Crippen LogP contribution is 2.07. The minimum absolute atomic E-state index is 0.0422. The molecule has 5 nitrogen and oxygen atoms in total. The van der Waals surface area contributed by atoms with Gasteiger partial charge in [-0.3, -0.25) is 9.59 Å². The second-order valence-corrected chi connectivity index (χ2v) is 4.72. The summed E-state index contributed by atoms with van der Waals surface area (Å²) in [5.74, 6) is -1.76. The maximum absolute atomic E-state index is 11.8. The predicted octanol–water partition coefficient (Wildman–Crippen LogP) is 2.24. The number of ether oxygens (including phenoxy) is 2. The molecular weight excluding hydrogens is 284 g/mol. The molecule has 5 heteroatoms. The summed E-state index contributed by atoms with van der Waals surface area (Å²) in [7, 11) is 1.40. The Morgan fingerprint density at radius 1 is 1.14 bits per heavy atom. The third-order valence-electron chi connectivity index (χ3n) is 2.97. The molecule has 1 unspecified atom stereocenters. The lowest BCUT2D eigenvalue weighted by Gasteiger charge is -2.12. The van der Waals surface area contributed by atoms with Gasteiger partial charge in [0.1, 0.15) is 6.61 Å². The van der Waals surface area contributed by atoms with Crippen molar-refractivity contribution in [1.29, 1.82) is 0 Å². The number of Topliss-reactive ketones (excluding diaryl/α,β-unsaturated/α-hetero) is 1. The molecule has 0 heterocycles. The van der Waals surface area contributed by atoms with E-state index in [1.807, 2.05) is 18.2 Å². The van der Waals surface area contributed by atoms with E-state index in [4.69, 9.17) is 9.47 Å². The molecule has 0 aromatic heterocycles. The lowest BCUT2D eigenvalue weighted by atomic mass is 10.1. The average molecular weight is 304 g/mol. The van der Waals surface area contributed by atoms with Crippen LogP contribution in [-0.2, 0) is 30.5 Å². The van der Waals surface area contributed by atoms with Crippen LogP contribution < -0.4 is 0 Å². The van der Waals surface area contributed by atoms with Crippen LogP contribution in [0.5, 0.6) is 0 Å². The summed E-state index contributed by atoms with van der Waals surface area (Å²) in [4.78, 5) is 34.9. The quantitative estimate of drug-likeness (QED) is 0.397. The van der Waals surface area contributed by atoms with Crippen molar-refractivity contribution in [1.82, 2.24) is 0 Å². The molecule has 0 aliphatic carbocycles. The van der Waals surface area contributed by atoms with Gasteiger partial charge in [-0.25, -0.2) is 4.79 Å². The van der Waals surface area contributed by atoms with E-state index in [0.717, 1.165) is 5.56 Å². The van der Waals surface area contributed by atoms with Crippen LogP contribution in [0.2, 0.25) is 0 Å². The zero-order chi connectivity index (χ0) is 16.4. The number of benzene rings is 1. The van der Waals surface area contributed by atoms with Crippen LogP contribution in [0.1, 0.15) is 25.3 Å². The Kier molecular flexibility index (Phi) is 7.78. The fraction of sp³-hybridized carbons (Fsp3) is 0.353. The number of ketones is 2. The number of esters is 1. The first kappa shape index (κ1) is 17.8. The lowest BCUT2D eigenvalue weighted by molar-refractivity contribution is -0.156. The largest absolute Gasteiger partial charge is 0.455 e. The Morgan fingerprint density at radius 3 is 2.41 bits per heavy atom. The highest BCUT2D eigenvalue weighted by atomic mass is 16.5. The molecule has 0 radical (unpaired) electrons. The molecule has 1 aromatic rings. The first-order valence-corrected chi connectivity index (χ1v) is 6.99. The van der Waals surface area contributed by atoms with Crippen molar-refractivity contribution in [3.8, 4) is 0 Å². The summed E-state index contributed by atoms with van der Waals surface area (Å²) >= 11 is 0. The molecule has 1 aromatic carbocycles. The molecule has 0 aliphatic rings. The minimum atomic E-state index is -0.913. The molecule has 118 valence electrons. The summed E-state index contributed by atoms with van der Waals surface area (Å²) < 4.78 is 10.0. The lowest BCUT2D eigenvalue weighted by Crippen LogP contribution is -2.25. The Hall–Kier alpha value is -2.27. The van der Waals surface area contributed by atoms with Crippen molar-refractivity contribution in [2.75, 3.05) is 7.11 Å². The average Bonchev–Trinajstić information content (AvgIpc) is 2.53. The van der Waals surface area contributed by atoms with Crippen LogP contribution in [0, 0.1) is 0 Å². The molecule has 0 saturated heterocycles. The molecule has 1 atom stereocenters. The van der Waals surface area contributed by atoms with Gasteiger partial charge >= 0.3 is 5.97 Å². The highest BCUT2D eigenvalue weighted by Gasteiger charge is 2.22. The Morgan fingerprint density at radius 2 is 1.82 bits per heavy atom. The van der Waals surface area contributed by atoms with Crippen molar-refractivity contribution in [2.24, 2.45) is 0 Å². The maximum Gasteiger partial charge on any atom is 0.375 e. The van der Waals surface area contributed by atoms with Gasteiger partial charge in [0.25, 0.3) is 0 Å².